The molecule has 0 spiro atoms. The number of thiophene rings is 1. The van der Waals surface area contributed by atoms with E-state index < -0.39 is 0 Å². The molecule has 1 aliphatic heterocycles. The highest BCUT2D eigenvalue weighted by atomic mass is 32.1. The van der Waals surface area contributed by atoms with Crippen LogP contribution in [0.25, 0.3) is 10.7 Å². The average Bonchev–Trinajstić information content (AvgIpc) is 2.65. The van der Waals surface area contributed by atoms with Crippen molar-refractivity contribution in [1.29, 1.82) is 0 Å². The van der Waals surface area contributed by atoms with Crippen LogP contribution in [0.2, 0.25) is 0 Å². The molecule has 0 unspecified atom stereocenters. The second-order valence-electron chi connectivity index (χ2n) is 3.23. The fourth-order valence-corrected chi connectivity index (χ4v) is 2.03. The molecule has 2 aromatic heterocycles. The van der Waals surface area contributed by atoms with Gasteiger partial charge in [0, 0.05) is 0 Å². The standard InChI is InChI=1S/C9H9N3OS/c1-2-7(14-5-1)8-11-9(13-12-8)6-3-4-10-6/h1-2,5-6,10H,3-4H2/t6-/m1/s1. The highest BCUT2D eigenvalue weighted by Crippen LogP contribution is 2.26. The predicted octanol–water partition coefficient (Wildman–Crippen LogP) is 1.83. The fraction of sp³-hybridized carbons (Fsp3) is 0.333. The Kier molecular flexibility index (Phi) is 1.85. The number of hydrogen-bond donors (Lipinski definition) is 1. The van der Waals surface area contributed by atoms with Gasteiger partial charge in [-0.1, -0.05) is 11.2 Å². The largest absolute Gasteiger partial charge is 0.337 e. The maximum atomic E-state index is 5.18. The van der Waals surface area contributed by atoms with Gasteiger partial charge in [-0.05, 0) is 24.4 Å². The van der Waals surface area contributed by atoms with E-state index >= 15 is 0 Å². The van der Waals surface area contributed by atoms with Crippen LogP contribution in [0, 0.1) is 0 Å². The van der Waals surface area contributed by atoms with Crippen molar-refractivity contribution in [3.63, 3.8) is 0 Å². The van der Waals surface area contributed by atoms with Crippen LogP contribution in [-0.2, 0) is 0 Å². The molecule has 2 aromatic rings. The number of aromatic nitrogens is 2. The third-order valence-corrected chi connectivity index (χ3v) is 3.17. The van der Waals surface area contributed by atoms with Crippen LogP contribution in [-0.4, -0.2) is 16.7 Å². The van der Waals surface area contributed by atoms with Gasteiger partial charge < -0.3 is 9.84 Å². The Morgan fingerprint density at radius 1 is 1.57 bits per heavy atom. The van der Waals surface area contributed by atoms with Gasteiger partial charge in [-0.3, -0.25) is 0 Å². The normalized spacial score (nSPS) is 20.7. The summed E-state index contributed by atoms with van der Waals surface area (Å²) in [6.07, 6.45) is 1.09. The summed E-state index contributed by atoms with van der Waals surface area (Å²) in [5, 5.41) is 9.18. The van der Waals surface area contributed by atoms with Crippen LogP contribution in [0.15, 0.2) is 22.0 Å². The van der Waals surface area contributed by atoms with Gasteiger partial charge in [0.05, 0.1) is 10.9 Å². The maximum Gasteiger partial charge on any atom is 0.244 e. The summed E-state index contributed by atoms with van der Waals surface area (Å²) < 4.78 is 5.18. The zero-order chi connectivity index (χ0) is 9.38. The Bertz CT molecular complexity index is 419. The van der Waals surface area contributed by atoms with Crippen molar-refractivity contribution < 1.29 is 4.52 Å². The molecule has 1 fully saturated rings. The third-order valence-electron chi connectivity index (χ3n) is 2.31. The number of hydrogen-bond acceptors (Lipinski definition) is 5. The summed E-state index contributed by atoms with van der Waals surface area (Å²) in [4.78, 5) is 5.40. The van der Waals surface area contributed by atoms with Crippen LogP contribution in [0.3, 0.4) is 0 Å². The lowest BCUT2D eigenvalue weighted by Crippen LogP contribution is -2.35. The van der Waals surface area contributed by atoms with Crippen LogP contribution < -0.4 is 5.32 Å². The molecule has 14 heavy (non-hydrogen) atoms. The van der Waals surface area contributed by atoms with E-state index in [1.54, 1.807) is 11.3 Å². The first-order chi connectivity index (χ1) is 6.93. The summed E-state index contributed by atoms with van der Waals surface area (Å²) in [7, 11) is 0. The first kappa shape index (κ1) is 8.14. The van der Waals surface area contributed by atoms with E-state index in [2.05, 4.69) is 15.5 Å². The van der Waals surface area contributed by atoms with Crippen molar-refractivity contribution in [2.24, 2.45) is 0 Å². The van der Waals surface area contributed by atoms with Crippen LogP contribution >= 0.6 is 11.3 Å². The van der Waals surface area contributed by atoms with E-state index in [0.29, 0.717) is 11.7 Å². The molecule has 3 rings (SSSR count). The first-order valence-corrected chi connectivity index (χ1v) is 5.42. The topological polar surface area (TPSA) is 51.0 Å². The first-order valence-electron chi connectivity index (χ1n) is 4.54. The van der Waals surface area contributed by atoms with Crippen LogP contribution in [0.5, 0.6) is 0 Å². The monoisotopic (exact) mass is 207 g/mol. The third kappa shape index (κ3) is 1.25. The molecule has 0 amide bonds. The van der Waals surface area contributed by atoms with Gasteiger partial charge in [-0.15, -0.1) is 11.3 Å². The summed E-state index contributed by atoms with van der Waals surface area (Å²) in [6, 6.07) is 4.25. The molecule has 4 nitrogen and oxygen atoms in total. The molecule has 1 saturated heterocycles. The van der Waals surface area contributed by atoms with Gasteiger partial charge in [0.15, 0.2) is 0 Å². The second kappa shape index (κ2) is 3.18. The molecule has 1 aliphatic rings. The van der Waals surface area contributed by atoms with E-state index in [4.69, 9.17) is 4.52 Å². The molecule has 3 heterocycles. The summed E-state index contributed by atoms with van der Waals surface area (Å²) >= 11 is 1.62. The minimum atomic E-state index is 0.274. The molecule has 0 bridgehead atoms. The molecule has 5 heteroatoms. The van der Waals surface area contributed by atoms with E-state index in [-0.39, 0.29) is 6.04 Å². The van der Waals surface area contributed by atoms with E-state index in [1.165, 1.54) is 0 Å². The van der Waals surface area contributed by atoms with Crippen molar-refractivity contribution in [3.8, 4) is 10.7 Å². The van der Waals surface area contributed by atoms with Crippen LogP contribution in [0.1, 0.15) is 18.4 Å². The average molecular weight is 207 g/mol. The summed E-state index contributed by atoms with van der Waals surface area (Å²) in [5.41, 5.74) is 0. The van der Waals surface area contributed by atoms with Gasteiger partial charge >= 0.3 is 0 Å². The summed E-state index contributed by atoms with van der Waals surface area (Å²) in [5.74, 6) is 1.41. The molecule has 1 atom stereocenters. The smallest absolute Gasteiger partial charge is 0.244 e. The molecule has 0 saturated carbocycles. The van der Waals surface area contributed by atoms with Crippen molar-refractivity contribution in [1.82, 2.24) is 15.5 Å². The van der Waals surface area contributed by atoms with Gasteiger partial charge in [-0.2, -0.15) is 4.98 Å². The van der Waals surface area contributed by atoms with Crippen molar-refractivity contribution >= 4 is 11.3 Å². The zero-order valence-electron chi connectivity index (χ0n) is 7.43. The lowest BCUT2D eigenvalue weighted by molar-refractivity contribution is 0.273. The number of rotatable bonds is 2. The Labute approximate surface area is 85.0 Å². The zero-order valence-corrected chi connectivity index (χ0v) is 8.25. The minimum Gasteiger partial charge on any atom is -0.337 e. The Morgan fingerprint density at radius 2 is 2.50 bits per heavy atom. The highest BCUT2D eigenvalue weighted by Gasteiger charge is 2.24. The second-order valence-corrected chi connectivity index (χ2v) is 4.18. The number of nitrogens with one attached hydrogen (secondary N) is 1. The van der Waals surface area contributed by atoms with Crippen molar-refractivity contribution in [2.75, 3.05) is 6.54 Å². The van der Waals surface area contributed by atoms with E-state index in [1.807, 2.05) is 17.5 Å². The molecule has 1 N–H and O–H groups in total. The van der Waals surface area contributed by atoms with Gasteiger partial charge in [0.25, 0.3) is 0 Å². The summed E-state index contributed by atoms with van der Waals surface area (Å²) in [6.45, 7) is 1.04. The molecular weight excluding hydrogens is 198 g/mol. The van der Waals surface area contributed by atoms with Crippen LogP contribution in [0.4, 0.5) is 0 Å². The molecule has 72 valence electrons. The lowest BCUT2D eigenvalue weighted by atomic mass is 10.1. The lowest BCUT2D eigenvalue weighted by Gasteiger charge is -2.23. The SMILES string of the molecule is c1csc(-c2noc([C@H]3CCN3)n2)c1. The minimum absolute atomic E-state index is 0.274. The Morgan fingerprint density at radius 3 is 3.14 bits per heavy atom. The van der Waals surface area contributed by atoms with E-state index in [9.17, 15) is 0 Å². The molecular formula is C9H9N3OS. The molecule has 0 aromatic carbocycles. The van der Waals surface area contributed by atoms with Crippen molar-refractivity contribution in [2.45, 2.75) is 12.5 Å². The van der Waals surface area contributed by atoms with Gasteiger partial charge in [0.2, 0.25) is 11.7 Å². The molecule has 0 radical (unpaired) electrons. The van der Waals surface area contributed by atoms with Gasteiger partial charge in [-0.25, -0.2) is 0 Å². The Balaban J connectivity index is 1.90. The Hall–Kier alpha value is -1.20. The fourth-order valence-electron chi connectivity index (χ4n) is 1.38. The van der Waals surface area contributed by atoms with Crippen molar-refractivity contribution in [3.05, 3.63) is 23.4 Å². The van der Waals surface area contributed by atoms with E-state index in [0.717, 1.165) is 17.8 Å². The predicted molar refractivity (Wildman–Crippen MR) is 53.0 cm³/mol. The highest BCUT2D eigenvalue weighted by molar-refractivity contribution is 7.13. The quantitative estimate of drug-likeness (QED) is 0.816. The maximum absolute atomic E-state index is 5.18. The molecule has 0 aliphatic carbocycles. The number of nitrogens with zero attached hydrogens (tertiary/aromatic N) is 2. The van der Waals surface area contributed by atoms with Gasteiger partial charge in [0.1, 0.15) is 0 Å².